The molecule has 5 N–H and O–H groups in total. The van der Waals surface area contributed by atoms with Gasteiger partial charge in [-0.3, -0.25) is 0 Å². The molecule has 0 amide bonds. The Morgan fingerprint density at radius 3 is 1.68 bits per heavy atom. The summed E-state index contributed by atoms with van der Waals surface area (Å²) < 4.78 is 0. The third kappa shape index (κ3) is 9.09. The summed E-state index contributed by atoms with van der Waals surface area (Å²) in [6.07, 6.45) is 1.24. The van der Waals surface area contributed by atoms with Crippen molar-refractivity contribution in [3.05, 3.63) is 0 Å². The average molecular weight is 499 g/mol. The van der Waals surface area contributed by atoms with Crippen LogP contribution < -0.4 is 26.8 Å². The summed E-state index contributed by atoms with van der Waals surface area (Å²) in [6, 6.07) is 0.562. The summed E-state index contributed by atoms with van der Waals surface area (Å²) in [5, 5.41) is 38.6. The van der Waals surface area contributed by atoms with Gasteiger partial charge >= 0.3 is 22.5 Å². The summed E-state index contributed by atoms with van der Waals surface area (Å²) in [4.78, 5) is 30.0. The maximum atomic E-state index is 10.1. The van der Waals surface area contributed by atoms with Crippen molar-refractivity contribution >= 4 is 17.9 Å². The van der Waals surface area contributed by atoms with Gasteiger partial charge in [0.1, 0.15) is 6.10 Å². The molecule has 0 saturated heterocycles. The molecule has 0 heterocycles. The van der Waals surface area contributed by atoms with Crippen molar-refractivity contribution in [2.24, 2.45) is 17.4 Å². The van der Waals surface area contributed by atoms with Crippen LogP contribution in [0, 0.1) is 5.92 Å². The number of carbonyl (C=O) groups excluding carboxylic acids is 3. The Morgan fingerprint density at radius 2 is 1.45 bits per heavy atom. The first kappa shape index (κ1) is 23.2. The minimum atomic E-state index is -2.41. The Labute approximate surface area is 143 Å². The number of hydrogen-bond acceptors (Lipinski definition) is 9. The second-order valence-corrected chi connectivity index (χ2v) is 4.88. The Bertz CT molecular complexity index is 376. The van der Waals surface area contributed by atoms with E-state index in [1.165, 1.54) is 12.8 Å². The average Bonchev–Trinajstić information content (AvgIpc) is 2.39. The fourth-order valence-electron chi connectivity index (χ4n) is 1.86. The molecule has 0 aromatic rings. The predicted octanol–water partition coefficient (Wildman–Crippen LogP) is -5.07. The van der Waals surface area contributed by atoms with Gasteiger partial charge in [-0.2, -0.15) is 0 Å². The topological polar surface area (TPSA) is 193 Å². The molecule has 1 rings (SSSR count). The molecule has 0 aromatic carbocycles. The molecular weight excluding hydrogens is 479 g/mol. The zero-order valence-corrected chi connectivity index (χ0v) is 14.0. The van der Waals surface area contributed by atoms with E-state index in [0.717, 1.165) is 12.8 Å². The minimum Gasteiger partial charge on any atom is -0.550 e. The SMILES string of the molecule is NC1CCCCC1N.O=C([O-])CC(C(=O)[O-])C(O)C(=O)[O-].[H+].[Pt+2]. The van der Waals surface area contributed by atoms with Gasteiger partial charge < -0.3 is 46.3 Å². The Kier molecular flexibility index (Phi) is 12.2. The number of nitrogens with two attached hydrogens (primary N) is 2. The minimum absolute atomic E-state index is 0. The number of carboxylic acids is 3. The van der Waals surface area contributed by atoms with Crippen LogP contribution in [0.1, 0.15) is 33.5 Å². The summed E-state index contributed by atoms with van der Waals surface area (Å²) in [7, 11) is 0. The number of hydrogen-bond donors (Lipinski definition) is 3. The van der Waals surface area contributed by atoms with E-state index >= 15 is 0 Å². The van der Waals surface area contributed by atoms with Crippen LogP contribution in [0.3, 0.4) is 0 Å². The van der Waals surface area contributed by atoms with Crippen LogP contribution in [-0.4, -0.2) is 41.2 Å². The van der Waals surface area contributed by atoms with Gasteiger partial charge in [-0.05, 0) is 19.3 Å². The third-order valence-corrected chi connectivity index (χ3v) is 3.19. The molecule has 22 heavy (non-hydrogen) atoms. The predicted molar refractivity (Wildman–Crippen MR) is 64.7 cm³/mol. The first-order valence-corrected chi connectivity index (χ1v) is 6.47. The van der Waals surface area contributed by atoms with Crippen LogP contribution >= 0.6 is 0 Å². The standard InChI is InChI=1S/C6H14N2.C6H8O7.Pt/c7-5-3-1-2-4-6(5)8;7-3(8)1-2(5(10)11)4(9)6(12)13;/h5-6H,1-4,7-8H2;2,4,9H,1H2,(H,7,8)(H,10,11)(H,12,13);/q;;+2/p-2. The van der Waals surface area contributed by atoms with Gasteiger partial charge in [-0.25, -0.2) is 0 Å². The van der Waals surface area contributed by atoms with Gasteiger partial charge in [0.05, 0.1) is 5.97 Å². The maximum Gasteiger partial charge on any atom is 2.00 e. The fourth-order valence-corrected chi connectivity index (χ4v) is 1.86. The molecule has 0 aliphatic heterocycles. The first-order valence-electron chi connectivity index (χ1n) is 6.47. The molecule has 4 unspecified atom stereocenters. The van der Waals surface area contributed by atoms with Crippen LogP contribution in [0.25, 0.3) is 0 Å². The molecular formula is C12H20N2O7Pt. The Balaban J connectivity index is -0.000000347. The van der Waals surface area contributed by atoms with E-state index < -0.39 is 36.4 Å². The number of aliphatic carboxylic acids is 3. The molecule has 0 bridgehead atoms. The van der Waals surface area contributed by atoms with Crippen molar-refractivity contribution in [3.63, 3.8) is 0 Å². The summed E-state index contributed by atoms with van der Waals surface area (Å²) >= 11 is 0. The Morgan fingerprint density at radius 1 is 1.05 bits per heavy atom. The van der Waals surface area contributed by atoms with E-state index in [-0.39, 0.29) is 34.6 Å². The molecule has 0 aromatic heterocycles. The van der Waals surface area contributed by atoms with Crippen molar-refractivity contribution in [2.45, 2.75) is 50.3 Å². The number of carbonyl (C=O) groups is 3. The van der Waals surface area contributed by atoms with Gasteiger partial charge in [-0.1, -0.05) is 12.8 Å². The number of aliphatic hydroxyl groups is 1. The molecule has 1 aliphatic carbocycles. The van der Waals surface area contributed by atoms with E-state index in [1.54, 1.807) is 0 Å². The van der Waals surface area contributed by atoms with Gasteiger partial charge in [-0.15, -0.1) is 0 Å². The summed E-state index contributed by atoms with van der Waals surface area (Å²) in [5.41, 5.74) is 11.3. The molecule has 1 saturated carbocycles. The van der Waals surface area contributed by atoms with E-state index in [1.807, 2.05) is 0 Å². The van der Waals surface area contributed by atoms with Crippen molar-refractivity contribution in [1.29, 1.82) is 0 Å². The van der Waals surface area contributed by atoms with Crippen molar-refractivity contribution in [2.75, 3.05) is 0 Å². The molecule has 9 nitrogen and oxygen atoms in total. The third-order valence-electron chi connectivity index (χ3n) is 3.19. The van der Waals surface area contributed by atoms with Crippen LogP contribution in [0.4, 0.5) is 0 Å². The van der Waals surface area contributed by atoms with Crippen LogP contribution in [0.2, 0.25) is 0 Å². The van der Waals surface area contributed by atoms with Gasteiger partial charge in [0.2, 0.25) is 0 Å². The largest absolute Gasteiger partial charge is 2.00 e. The van der Waals surface area contributed by atoms with Gasteiger partial charge in [0.25, 0.3) is 0 Å². The number of carboxylic acid groups (broad SMARTS) is 3. The molecule has 0 spiro atoms. The monoisotopic (exact) mass is 499 g/mol. The van der Waals surface area contributed by atoms with E-state index in [9.17, 15) is 29.7 Å². The smallest absolute Gasteiger partial charge is 0.550 e. The fraction of sp³-hybridized carbons (Fsp3) is 0.750. The van der Waals surface area contributed by atoms with Gasteiger partial charge in [0, 0.05) is 29.9 Å². The second-order valence-electron chi connectivity index (χ2n) is 4.88. The number of aliphatic hydroxyl groups excluding tert-OH is 1. The quantitative estimate of drug-likeness (QED) is 0.332. The van der Waals surface area contributed by atoms with E-state index in [2.05, 4.69) is 0 Å². The van der Waals surface area contributed by atoms with Crippen LogP contribution in [0.5, 0.6) is 0 Å². The molecule has 1 aliphatic rings. The molecule has 0 radical (unpaired) electrons. The number of rotatable bonds is 5. The second kappa shape index (κ2) is 11.5. The van der Waals surface area contributed by atoms with E-state index in [4.69, 9.17) is 16.6 Å². The van der Waals surface area contributed by atoms with Crippen molar-refractivity contribution in [1.82, 2.24) is 0 Å². The first-order chi connectivity index (χ1) is 9.66. The van der Waals surface area contributed by atoms with E-state index in [0.29, 0.717) is 0 Å². The normalized spacial score (nSPS) is 23.0. The molecule has 10 heteroatoms. The van der Waals surface area contributed by atoms with Gasteiger partial charge in [0.15, 0.2) is 0 Å². The molecule has 4 atom stereocenters. The summed E-state index contributed by atoms with van der Waals surface area (Å²) in [6.45, 7) is 0. The zero-order chi connectivity index (χ0) is 16.6. The van der Waals surface area contributed by atoms with Crippen molar-refractivity contribution < 1.29 is 57.3 Å². The molecule has 130 valence electrons. The Hall–Kier alpha value is -1.02. The zero-order valence-electron chi connectivity index (χ0n) is 12.7. The summed E-state index contributed by atoms with van der Waals surface area (Å²) in [5.74, 6) is -7.92. The maximum absolute atomic E-state index is 10.1. The molecule has 1 fully saturated rings. The van der Waals surface area contributed by atoms with Crippen LogP contribution in [0.15, 0.2) is 0 Å². The van der Waals surface area contributed by atoms with Crippen molar-refractivity contribution in [3.8, 4) is 0 Å². The van der Waals surface area contributed by atoms with Crippen LogP contribution in [-0.2, 0) is 35.4 Å².